The predicted octanol–water partition coefficient (Wildman–Crippen LogP) is 2.97. The number of nitrogens with zero attached hydrogens (tertiary/aromatic N) is 3. The summed E-state index contributed by atoms with van der Waals surface area (Å²) in [5.74, 6) is 1.55. The fraction of sp³-hybridized carbons (Fsp3) is 0.429. The molecule has 3 heterocycles. The molecule has 0 saturated carbocycles. The number of ether oxygens (including phenoxy) is 2. The highest BCUT2D eigenvalue weighted by Crippen LogP contribution is 2.40. The number of esters is 1. The number of carbonyl (C=O) groups is 2. The average Bonchev–Trinajstić information content (AvgIpc) is 2.68. The van der Waals surface area contributed by atoms with E-state index in [1.165, 1.54) is 6.20 Å². The molecule has 4 rings (SSSR count). The van der Waals surface area contributed by atoms with Crippen LogP contribution in [0.2, 0.25) is 0 Å². The molecule has 0 radical (unpaired) electrons. The van der Waals surface area contributed by atoms with E-state index in [2.05, 4.69) is 14.9 Å². The van der Waals surface area contributed by atoms with E-state index in [0.717, 1.165) is 0 Å². The van der Waals surface area contributed by atoms with Gasteiger partial charge in [0, 0.05) is 32.1 Å². The molecule has 0 aliphatic carbocycles. The normalized spacial score (nSPS) is 17.8. The van der Waals surface area contributed by atoms with Gasteiger partial charge < -0.3 is 14.4 Å². The second kappa shape index (κ2) is 7.22. The van der Waals surface area contributed by atoms with Gasteiger partial charge in [-0.1, -0.05) is 12.1 Å². The number of piperidine rings is 1. The topological polar surface area (TPSA) is 81.6 Å². The Morgan fingerprint density at radius 2 is 2.04 bits per heavy atom. The molecular formula is C21H23N3O4. The third-order valence-corrected chi connectivity index (χ3v) is 5.36. The summed E-state index contributed by atoms with van der Waals surface area (Å²) < 4.78 is 11.4. The molecule has 7 nitrogen and oxygen atoms in total. The van der Waals surface area contributed by atoms with Crippen LogP contribution in [0.15, 0.2) is 30.5 Å². The van der Waals surface area contributed by atoms with Crippen LogP contribution in [0.25, 0.3) is 0 Å². The number of Topliss-reactive ketones (excluding diaryl/α,β-unsaturated/α-hetero) is 1. The molecule has 1 aromatic heterocycles. The number of hydrogen-bond donors (Lipinski definition) is 0. The number of anilines is 1. The van der Waals surface area contributed by atoms with Crippen molar-refractivity contribution in [2.45, 2.75) is 38.7 Å². The number of fused-ring (bicyclic) bond motifs is 1. The highest BCUT2D eigenvalue weighted by atomic mass is 16.5. The summed E-state index contributed by atoms with van der Waals surface area (Å²) in [7, 11) is 0. The van der Waals surface area contributed by atoms with Gasteiger partial charge in [-0.05, 0) is 26.0 Å². The van der Waals surface area contributed by atoms with Crippen molar-refractivity contribution >= 4 is 17.6 Å². The molecule has 0 bridgehead atoms. The van der Waals surface area contributed by atoms with Crippen molar-refractivity contribution in [1.29, 1.82) is 0 Å². The standard InChI is InChI=1S/C21H23N3O4/c1-3-27-20(26)16-13-22-14(2)23-19(16)24-10-8-21(9-11-24)12-17(25)15-6-4-5-7-18(15)28-21/h4-7,13H,3,8-12H2,1-2H3. The molecule has 28 heavy (non-hydrogen) atoms. The molecule has 1 aromatic carbocycles. The van der Waals surface area contributed by atoms with Crippen molar-refractivity contribution in [3.05, 3.63) is 47.4 Å². The molecular weight excluding hydrogens is 358 g/mol. The van der Waals surface area contributed by atoms with E-state index in [-0.39, 0.29) is 5.78 Å². The van der Waals surface area contributed by atoms with E-state index >= 15 is 0 Å². The van der Waals surface area contributed by atoms with E-state index in [9.17, 15) is 9.59 Å². The first-order chi connectivity index (χ1) is 13.5. The van der Waals surface area contributed by atoms with Gasteiger partial charge >= 0.3 is 5.97 Å². The summed E-state index contributed by atoms with van der Waals surface area (Å²) >= 11 is 0. The Bertz CT molecular complexity index is 920. The van der Waals surface area contributed by atoms with E-state index in [1.807, 2.05) is 24.3 Å². The lowest BCUT2D eigenvalue weighted by molar-refractivity contribution is 0.0231. The van der Waals surface area contributed by atoms with Gasteiger partial charge in [-0.2, -0.15) is 0 Å². The van der Waals surface area contributed by atoms with Gasteiger partial charge in [-0.15, -0.1) is 0 Å². The minimum atomic E-state index is -0.492. The van der Waals surface area contributed by atoms with E-state index < -0.39 is 11.6 Å². The van der Waals surface area contributed by atoms with Gasteiger partial charge in [0.25, 0.3) is 0 Å². The third-order valence-electron chi connectivity index (χ3n) is 5.36. The maximum absolute atomic E-state index is 12.6. The molecule has 1 saturated heterocycles. The van der Waals surface area contributed by atoms with Gasteiger partial charge in [0.1, 0.15) is 28.6 Å². The van der Waals surface area contributed by atoms with Gasteiger partial charge in [-0.25, -0.2) is 14.8 Å². The van der Waals surface area contributed by atoms with Crippen LogP contribution in [-0.2, 0) is 4.74 Å². The zero-order valence-corrected chi connectivity index (χ0v) is 16.1. The Morgan fingerprint density at radius 1 is 1.29 bits per heavy atom. The Balaban J connectivity index is 1.55. The van der Waals surface area contributed by atoms with Crippen LogP contribution in [-0.4, -0.2) is 47.0 Å². The van der Waals surface area contributed by atoms with Crippen molar-refractivity contribution in [3.63, 3.8) is 0 Å². The fourth-order valence-electron chi connectivity index (χ4n) is 3.90. The quantitative estimate of drug-likeness (QED) is 0.756. The van der Waals surface area contributed by atoms with E-state index in [0.29, 0.717) is 67.5 Å². The Morgan fingerprint density at radius 3 is 2.79 bits per heavy atom. The van der Waals surface area contributed by atoms with Gasteiger partial charge in [-0.3, -0.25) is 4.79 Å². The number of aryl methyl sites for hydroxylation is 1. The predicted molar refractivity (Wildman–Crippen MR) is 103 cm³/mol. The van der Waals surface area contributed by atoms with Crippen LogP contribution in [0, 0.1) is 6.92 Å². The summed E-state index contributed by atoms with van der Waals surface area (Å²) in [4.78, 5) is 35.6. The number of aromatic nitrogens is 2. The van der Waals surface area contributed by atoms with Crippen molar-refractivity contribution in [3.8, 4) is 5.75 Å². The summed E-state index contributed by atoms with van der Waals surface area (Å²) in [6, 6.07) is 7.41. The van der Waals surface area contributed by atoms with Crippen LogP contribution < -0.4 is 9.64 Å². The lowest BCUT2D eigenvalue weighted by Crippen LogP contribution is -2.51. The Labute approximate surface area is 163 Å². The van der Waals surface area contributed by atoms with Gasteiger partial charge in [0.15, 0.2) is 5.78 Å². The second-order valence-electron chi connectivity index (χ2n) is 7.24. The zero-order chi connectivity index (χ0) is 19.7. The van der Waals surface area contributed by atoms with Gasteiger partial charge in [0.05, 0.1) is 18.6 Å². The van der Waals surface area contributed by atoms with Crippen molar-refractivity contribution in [2.24, 2.45) is 0 Å². The largest absolute Gasteiger partial charge is 0.486 e. The van der Waals surface area contributed by atoms with Crippen molar-refractivity contribution in [2.75, 3.05) is 24.6 Å². The summed E-state index contributed by atoms with van der Waals surface area (Å²) in [5, 5.41) is 0. The molecule has 2 aliphatic rings. The van der Waals surface area contributed by atoms with Crippen LogP contribution >= 0.6 is 0 Å². The first-order valence-corrected chi connectivity index (χ1v) is 9.58. The number of para-hydroxylation sites is 1. The summed E-state index contributed by atoms with van der Waals surface area (Å²) in [6.45, 7) is 5.14. The lowest BCUT2D eigenvalue weighted by Gasteiger charge is -2.44. The monoisotopic (exact) mass is 381 g/mol. The molecule has 146 valence electrons. The number of hydrogen-bond acceptors (Lipinski definition) is 7. The first kappa shape index (κ1) is 18.4. The van der Waals surface area contributed by atoms with E-state index in [1.54, 1.807) is 13.8 Å². The highest BCUT2D eigenvalue weighted by Gasteiger charge is 2.43. The molecule has 2 aliphatic heterocycles. The minimum Gasteiger partial charge on any atom is -0.486 e. The smallest absolute Gasteiger partial charge is 0.343 e. The molecule has 1 fully saturated rings. The lowest BCUT2D eigenvalue weighted by atomic mass is 9.82. The maximum atomic E-state index is 12.6. The van der Waals surface area contributed by atoms with E-state index in [4.69, 9.17) is 9.47 Å². The van der Waals surface area contributed by atoms with Crippen LogP contribution in [0.3, 0.4) is 0 Å². The molecule has 7 heteroatoms. The first-order valence-electron chi connectivity index (χ1n) is 9.58. The molecule has 2 aromatic rings. The second-order valence-corrected chi connectivity index (χ2v) is 7.24. The highest BCUT2D eigenvalue weighted by molar-refractivity contribution is 6.00. The molecule has 1 spiro atoms. The molecule has 0 amide bonds. The SMILES string of the molecule is CCOC(=O)c1cnc(C)nc1N1CCC2(CC1)CC(=O)c1ccccc1O2. The Kier molecular flexibility index (Phi) is 4.75. The fourth-order valence-corrected chi connectivity index (χ4v) is 3.90. The zero-order valence-electron chi connectivity index (χ0n) is 16.1. The van der Waals surface area contributed by atoms with Crippen LogP contribution in [0.1, 0.15) is 52.7 Å². The van der Waals surface area contributed by atoms with Crippen molar-refractivity contribution in [1.82, 2.24) is 9.97 Å². The maximum Gasteiger partial charge on any atom is 0.343 e. The third kappa shape index (κ3) is 3.32. The molecule has 0 unspecified atom stereocenters. The number of benzene rings is 1. The number of ketones is 1. The summed E-state index contributed by atoms with van der Waals surface area (Å²) in [5.41, 5.74) is 0.537. The van der Waals surface area contributed by atoms with Crippen LogP contribution in [0.5, 0.6) is 5.75 Å². The Hall–Kier alpha value is -2.96. The number of rotatable bonds is 3. The molecule has 0 atom stereocenters. The van der Waals surface area contributed by atoms with Crippen LogP contribution in [0.4, 0.5) is 5.82 Å². The van der Waals surface area contributed by atoms with Gasteiger partial charge in [0.2, 0.25) is 0 Å². The number of carbonyl (C=O) groups excluding carboxylic acids is 2. The summed E-state index contributed by atoms with van der Waals surface area (Å²) in [6.07, 6.45) is 3.26. The van der Waals surface area contributed by atoms with Crippen molar-refractivity contribution < 1.29 is 19.1 Å². The molecule has 0 N–H and O–H groups in total. The minimum absolute atomic E-state index is 0.125. The average molecular weight is 381 g/mol.